The SMILES string of the molecule is CCc1nn(-c2ccccc2)c(CC)c1CC(=O)O. The van der Waals surface area contributed by atoms with E-state index in [9.17, 15) is 4.79 Å². The zero-order chi connectivity index (χ0) is 13.8. The van der Waals surface area contributed by atoms with E-state index in [0.717, 1.165) is 35.5 Å². The van der Waals surface area contributed by atoms with Crippen molar-refractivity contribution in [2.75, 3.05) is 0 Å². The molecule has 1 aromatic heterocycles. The lowest BCUT2D eigenvalue weighted by atomic mass is 10.1. The van der Waals surface area contributed by atoms with Crippen LogP contribution in [0.4, 0.5) is 0 Å². The number of carboxylic acid groups (broad SMARTS) is 1. The molecule has 2 rings (SSSR count). The Morgan fingerprint density at radius 3 is 2.42 bits per heavy atom. The van der Waals surface area contributed by atoms with Crippen LogP contribution in [0.3, 0.4) is 0 Å². The molecule has 0 aliphatic rings. The fraction of sp³-hybridized carbons (Fsp3) is 0.333. The van der Waals surface area contributed by atoms with E-state index in [1.165, 1.54) is 0 Å². The van der Waals surface area contributed by atoms with Crippen LogP contribution in [0.5, 0.6) is 0 Å². The van der Waals surface area contributed by atoms with Gasteiger partial charge in [0.1, 0.15) is 0 Å². The lowest BCUT2D eigenvalue weighted by Gasteiger charge is -2.06. The fourth-order valence-electron chi connectivity index (χ4n) is 2.32. The molecule has 2 aromatic rings. The lowest BCUT2D eigenvalue weighted by molar-refractivity contribution is -0.136. The van der Waals surface area contributed by atoms with Gasteiger partial charge in [0.15, 0.2) is 0 Å². The topological polar surface area (TPSA) is 55.1 Å². The first-order chi connectivity index (χ1) is 9.17. The van der Waals surface area contributed by atoms with Crippen LogP contribution in [0.1, 0.15) is 30.8 Å². The summed E-state index contributed by atoms with van der Waals surface area (Å²) in [6, 6.07) is 9.84. The van der Waals surface area contributed by atoms with Crippen LogP contribution in [-0.2, 0) is 24.1 Å². The molecule has 0 saturated heterocycles. The summed E-state index contributed by atoms with van der Waals surface area (Å²) in [5, 5.41) is 13.6. The summed E-state index contributed by atoms with van der Waals surface area (Å²) in [5.41, 5.74) is 3.71. The molecule has 4 nitrogen and oxygen atoms in total. The Labute approximate surface area is 112 Å². The number of carboxylic acids is 1. The van der Waals surface area contributed by atoms with Gasteiger partial charge in [-0.25, -0.2) is 4.68 Å². The van der Waals surface area contributed by atoms with Crippen molar-refractivity contribution < 1.29 is 9.90 Å². The molecule has 0 unspecified atom stereocenters. The second-order valence-corrected chi connectivity index (χ2v) is 4.40. The van der Waals surface area contributed by atoms with Crippen LogP contribution < -0.4 is 0 Å². The highest BCUT2D eigenvalue weighted by atomic mass is 16.4. The molecule has 0 bridgehead atoms. The van der Waals surface area contributed by atoms with Crippen molar-refractivity contribution in [1.29, 1.82) is 0 Å². The number of aryl methyl sites for hydroxylation is 1. The first-order valence-corrected chi connectivity index (χ1v) is 6.54. The van der Waals surface area contributed by atoms with E-state index < -0.39 is 5.97 Å². The predicted octanol–water partition coefficient (Wildman–Crippen LogP) is 2.62. The van der Waals surface area contributed by atoms with Crippen LogP contribution >= 0.6 is 0 Å². The Morgan fingerprint density at radius 2 is 1.89 bits per heavy atom. The van der Waals surface area contributed by atoms with Gasteiger partial charge in [-0.3, -0.25) is 4.79 Å². The first kappa shape index (κ1) is 13.3. The van der Waals surface area contributed by atoms with Crippen LogP contribution in [0.15, 0.2) is 30.3 Å². The highest BCUT2D eigenvalue weighted by Crippen LogP contribution is 2.21. The van der Waals surface area contributed by atoms with E-state index in [2.05, 4.69) is 5.10 Å². The molecule has 0 amide bonds. The van der Waals surface area contributed by atoms with E-state index in [0.29, 0.717) is 0 Å². The van der Waals surface area contributed by atoms with Crippen LogP contribution in [0, 0.1) is 0 Å². The van der Waals surface area contributed by atoms with Crippen molar-refractivity contribution in [3.63, 3.8) is 0 Å². The monoisotopic (exact) mass is 258 g/mol. The number of hydrogen-bond donors (Lipinski definition) is 1. The van der Waals surface area contributed by atoms with Gasteiger partial charge in [0.25, 0.3) is 0 Å². The van der Waals surface area contributed by atoms with Gasteiger partial charge < -0.3 is 5.11 Å². The summed E-state index contributed by atoms with van der Waals surface area (Å²) in [5.74, 6) is -0.808. The van der Waals surface area contributed by atoms with Gasteiger partial charge in [0, 0.05) is 11.3 Å². The van der Waals surface area contributed by atoms with E-state index in [-0.39, 0.29) is 6.42 Å². The molecule has 19 heavy (non-hydrogen) atoms. The van der Waals surface area contributed by atoms with Crippen LogP contribution in [0.2, 0.25) is 0 Å². The zero-order valence-corrected chi connectivity index (χ0v) is 11.3. The van der Waals surface area contributed by atoms with Gasteiger partial charge in [0.2, 0.25) is 0 Å². The van der Waals surface area contributed by atoms with E-state index >= 15 is 0 Å². The third-order valence-corrected chi connectivity index (χ3v) is 3.17. The van der Waals surface area contributed by atoms with Crippen LogP contribution in [-0.4, -0.2) is 20.9 Å². The average molecular weight is 258 g/mol. The number of para-hydroxylation sites is 1. The predicted molar refractivity (Wildman–Crippen MR) is 73.7 cm³/mol. The molecule has 0 aliphatic heterocycles. The summed E-state index contributed by atoms with van der Waals surface area (Å²) in [4.78, 5) is 11.0. The smallest absolute Gasteiger partial charge is 0.307 e. The Balaban J connectivity index is 2.56. The number of rotatable bonds is 5. The van der Waals surface area contributed by atoms with Gasteiger partial charge in [-0.15, -0.1) is 0 Å². The standard InChI is InChI=1S/C15H18N2O2/c1-3-13-12(10-15(18)19)14(4-2)17(16-13)11-8-6-5-7-9-11/h5-9H,3-4,10H2,1-2H3,(H,18,19). The van der Waals surface area contributed by atoms with Gasteiger partial charge in [0.05, 0.1) is 17.8 Å². The molecule has 0 spiro atoms. The molecule has 1 aromatic carbocycles. The molecule has 1 N–H and O–H groups in total. The highest BCUT2D eigenvalue weighted by molar-refractivity contribution is 5.71. The van der Waals surface area contributed by atoms with Crippen LogP contribution in [0.25, 0.3) is 5.69 Å². The minimum absolute atomic E-state index is 0.0409. The number of carbonyl (C=O) groups is 1. The maximum atomic E-state index is 11.0. The average Bonchev–Trinajstić information content (AvgIpc) is 2.76. The van der Waals surface area contributed by atoms with E-state index in [4.69, 9.17) is 5.11 Å². The van der Waals surface area contributed by atoms with Crippen molar-refractivity contribution in [2.45, 2.75) is 33.1 Å². The Bertz CT molecular complexity index is 573. The van der Waals surface area contributed by atoms with E-state index in [1.54, 1.807) is 0 Å². The molecule has 0 radical (unpaired) electrons. The summed E-state index contributed by atoms with van der Waals surface area (Å²) in [6.45, 7) is 4.03. The van der Waals surface area contributed by atoms with Crippen molar-refractivity contribution in [1.82, 2.24) is 9.78 Å². The normalized spacial score (nSPS) is 10.6. The number of aliphatic carboxylic acids is 1. The second kappa shape index (κ2) is 5.69. The summed E-state index contributed by atoms with van der Waals surface area (Å²) in [7, 11) is 0. The first-order valence-electron chi connectivity index (χ1n) is 6.54. The van der Waals surface area contributed by atoms with Gasteiger partial charge in [-0.05, 0) is 25.0 Å². The van der Waals surface area contributed by atoms with Gasteiger partial charge in [-0.2, -0.15) is 5.10 Å². The van der Waals surface area contributed by atoms with Crippen molar-refractivity contribution in [3.8, 4) is 5.69 Å². The van der Waals surface area contributed by atoms with Crippen molar-refractivity contribution in [3.05, 3.63) is 47.3 Å². The van der Waals surface area contributed by atoms with Crippen molar-refractivity contribution in [2.24, 2.45) is 0 Å². The largest absolute Gasteiger partial charge is 0.481 e. The summed E-state index contributed by atoms with van der Waals surface area (Å²) in [6.07, 6.45) is 1.55. The maximum Gasteiger partial charge on any atom is 0.307 e. The quantitative estimate of drug-likeness (QED) is 0.897. The highest BCUT2D eigenvalue weighted by Gasteiger charge is 2.18. The Hall–Kier alpha value is -2.10. The molecular formula is C15H18N2O2. The Kier molecular flexibility index (Phi) is 4.00. The molecular weight excluding hydrogens is 240 g/mol. The fourth-order valence-corrected chi connectivity index (χ4v) is 2.32. The van der Waals surface area contributed by atoms with Gasteiger partial charge in [-0.1, -0.05) is 32.0 Å². The molecule has 0 atom stereocenters. The Morgan fingerprint density at radius 1 is 1.21 bits per heavy atom. The second-order valence-electron chi connectivity index (χ2n) is 4.40. The zero-order valence-electron chi connectivity index (χ0n) is 11.3. The summed E-state index contributed by atoms with van der Waals surface area (Å²) >= 11 is 0. The minimum atomic E-state index is -0.808. The number of aromatic nitrogens is 2. The molecule has 0 saturated carbocycles. The molecule has 0 aliphatic carbocycles. The van der Waals surface area contributed by atoms with Gasteiger partial charge >= 0.3 is 5.97 Å². The minimum Gasteiger partial charge on any atom is -0.481 e. The van der Waals surface area contributed by atoms with E-state index in [1.807, 2.05) is 48.9 Å². The molecule has 0 fully saturated rings. The number of benzene rings is 1. The molecule has 100 valence electrons. The van der Waals surface area contributed by atoms with Crippen molar-refractivity contribution >= 4 is 5.97 Å². The molecule has 4 heteroatoms. The maximum absolute atomic E-state index is 11.0. The molecule has 1 heterocycles. The third kappa shape index (κ3) is 2.67. The summed E-state index contributed by atoms with van der Waals surface area (Å²) < 4.78 is 1.87. The number of nitrogens with zero attached hydrogens (tertiary/aromatic N) is 2. The third-order valence-electron chi connectivity index (χ3n) is 3.17. The lowest BCUT2D eigenvalue weighted by Crippen LogP contribution is -2.06. The number of hydrogen-bond acceptors (Lipinski definition) is 2.